The molecular formula is C15H21NO3. The maximum absolute atomic E-state index is 12.0. The van der Waals surface area contributed by atoms with Gasteiger partial charge in [0.2, 0.25) is 5.91 Å². The number of aliphatic hydroxyl groups is 1. The molecule has 3 N–H and O–H groups in total. The van der Waals surface area contributed by atoms with Gasteiger partial charge in [-0.3, -0.25) is 4.79 Å². The molecule has 0 aromatic heterocycles. The highest BCUT2D eigenvalue weighted by atomic mass is 16.3. The second-order valence-electron chi connectivity index (χ2n) is 5.48. The fraction of sp³-hybridized carbons (Fsp3) is 0.533. The Bertz CT molecular complexity index is 444. The molecule has 4 nitrogen and oxygen atoms in total. The lowest BCUT2D eigenvalue weighted by Crippen LogP contribution is -2.36. The van der Waals surface area contributed by atoms with Gasteiger partial charge in [0.25, 0.3) is 0 Å². The lowest BCUT2D eigenvalue weighted by molar-refractivity contribution is -0.122. The van der Waals surface area contributed by atoms with E-state index in [0.29, 0.717) is 18.5 Å². The highest BCUT2D eigenvalue weighted by Crippen LogP contribution is 2.32. The minimum atomic E-state index is -0.874. The molecule has 1 aromatic carbocycles. The average Bonchev–Trinajstić information content (AvgIpc) is 2.34. The Kier molecular flexibility index (Phi) is 4.10. The largest absolute Gasteiger partial charge is 0.506 e. The van der Waals surface area contributed by atoms with E-state index in [1.807, 2.05) is 13.0 Å². The molecule has 1 fully saturated rings. The molecule has 1 aromatic rings. The SMILES string of the molecule is Cc1cccc(O)c1NC(=O)CC1(O)CCCCC1. The van der Waals surface area contributed by atoms with Crippen molar-refractivity contribution >= 4 is 11.6 Å². The highest BCUT2D eigenvalue weighted by molar-refractivity contribution is 5.93. The number of para-hydroxylation sites is 1. The quantitative estimate of drug-likeness (QED) is 0.734. The van der Waals surface area contributed by atoms with E-state index in [-0.39, 0.29) is 18.1 Å². The zero-order valence-corrected chi connectivity index (χ0v) is 11.3. The second kappa shape index (κ2) is 5.61. The molecule has 4 heteroatoms. The maximum atomic E-state index is 12.0. The number of carbonyl (C=O) groups excluding carboxylic acids is 1. The van der Waals surface area contributed by atoms with E-state index < -0.39 is 5.60 Å². The topological polar surface area (TPSA) is 69.6 Å². The highest BCUT2D eigenvalue weighted by Gasteiger charge is 2.31. The number of phenolic OH excluding ortho intramolecular Hbond substituents is 1. The van der Waals surface area contributed by atoms with Gasteiger partial charge in [0.1, 0.15) is 5.75 Å². The predicted octanol–water partition coefficient (Wildman–Crippen LogP) is 2.72. The first-order chi connectivity index (χ1) is 9.00. The molecule has 1 saturated carbocycles. The van der Waals surface area contributed by atoms with E-state index in [1.165, 1.54) is 6.07 Å². The van der Waals surface area contributed by atoms with Crippen LogP contribution in [-0.2, 0) is 4.79 Å². The van der Waals surface area contributed by atoms with E-state index in [2.05, 4.69) is 5.32 Å². The van der Waals surface area contributed by atoms with Gasteiger partial charge in [-0.25, -0.2) is 0 Å². The van der Waals surface area contributed by atoms with Crippen molar-refractivity contribution in [1.82, 2.24) is 0 Å². The molecule has 0 unspecified atom stereocenters. The van der Waals surface area contributed by atoms with Crippen LogP contribution in [0.2, 0.25) is 0 Å². The van der Waals surface area contributed by atoms with Gasteiger partial charge < -0.3 is 15.5 Å². The van der Waals surface area contributed by atoms with Crippen molar-refractivity contribution in [3.8, 4) is 5.75 Å². The minimum Gasteiger partial charge on any atom is -0.506 e. The van der Waals surface area contributed by atoms with Crippen molar-refractivity contribution in [2.24, 2.45) is 0 Å². The summed E-state index contributed by atoms with van der Waals surface area (Å²) >= 11 is 0. The van der Waals surface area contributed by atoms with Crippen molar-refractivity contribution in [3.05, 3.63) is 23.8 Å². The standard InChI is InChI=1S/C15H21NO3/c1-11-6-5-7-12(17)14(11)16-13(18)10-15(19)8-3-2-4-9-15/h5-7,17,19H,2-4,8-10H2,1H3,(H,16,18). The third-order valence-corrected chi connectivity index (χ3v) is 3.79. The molecule has 0 radical (unpaired) electrons. The van der Waals surface area contributed by atoms with Crippen molar-refractivity contribution in [3.63, 3.8) is 0 Å². The van der Waals surface area contributed by atoms with E-state index in [9.17, 15) is 15.0 Å². The summed E-state index contributed by atoms with van der Waals surface area (Å²) in [6, 6.07) is 5.09. The number of rotatable bonds is 3. The first-order valence-corrected chi connectivity index (χ1v) is 6.81. The fourth-order valence-electron chi connectivity index (χ4n) is 2.68. The number of phenols is 1. The van der Waals surface area contributed by atoms with E-state index in [4.69, 9.17) is 0 Å². The average molecular weight is 263 g/mol. The third-order valence-electron chi connectivity index (χ3n) is 3.79. The van der Waals surface area contributed by atoms with Crippen LogP contribution in [0.5, 0.6) is 5.75 Å². The van der Waals surface area contributed by atoms with E-state index in [0.717, 1.165) is 24.8 Å². The molecule has 0 spiro atoms. The Balaban J connectivity index is 2.01. The van der Waals surface area contributed by atoms with Crippen molar-refractivity contribution in [1.29, 1.82) is 0 Å². The summed E-state index contributed by atoms with van der Waals surface area (Å²) in [5, 5.41) is 22.8. The van der Waals surface area contributed by atoms with Crippen LogP contribution in [0.4, 0.5) is 5.69 Å². The van der Waals surface area contributed by atoms with Gasteiger partial charge in [-0.1, -0.05) is 31.4 Å². The molecule has 0 saturated heterocycles. The first-order valence-electron chi connectivity index (χ1n) is 6.81. The lowest BCUT2D eigenvalue weighted by atomic mass is 9.82. The summed E-state index contributed by atoms with van der Waals surface area (Å²) in [5.41, 5.74) is 0.372. The minimum absolute atomic E-state index is 0.0592. The Hall–Kier alpha value is -1.55. The van der Waals surface area contributed by atoms with Gasteiger partial charge in [0.05, 0.1) is 17.7 Å². The molecule has 1 aliphatic rings. The summed E-state index contributed by atoms with van der Waals surface area (Å²) < 4.78 is 0. The molecule has 0 aliphatic heterocycles. The van der Waals surface area contributed by atoms with Crippen LogP contribution >= 0.6 is 0 Å². The van der Waals surface area contributed by atoms with Gasteiger partial charge in [-0.2, -0.15) is 0 Å². The third kappa shape index (κ3) is 3.47. The number of aryl methyl sites for hydroxylation is 1. The maximum Gasteiger partial charge on any atom is 0.227 e. The van der Waals surface area contributed by atoms with Crippen molar-refractivity contribution in [2.75, 3.05) is 5.32 Å². The molecule has 1 aliphatic carbocycles. The Morgan fingerprint density at radius 2 is 2.00 bits per heavy atom. The molecule has 2 rings (SSSR count). The van der Waals surface area contributed by atoms with Crippen LogP contribution < -0.4 is 5.32 Å². The second-order valence-corrected chi connectivity index (χ2v) is 5.48. The summed E-state index contributed by atoms with van der Waals surface area (Å²) in [6.45, 7) is 1.82. The molecular weight excluding hydrogens is 242 g/mol. The van der Waals surface area contributed by atoms with Crippen molar-refractivity contribution < 1.29 is 15.0 Å². The van der Waals surface area contributed by atoms with Gasteiger partial charge in [-0.05, 0) is 31.4 Å². The summed E-state index contributed by atoms with van der Waals surface area (Å²) in [6.07, 6.45) is 4.53. The van der Waals surface area contributed by atoms with Gasteiger partial charge >= 0.3 is 0 Å². The Morgan fingerprint density at radius 1 is 1.32 bits per heavy atom. The number of aromatic hydroxyl groups is 1. The van der Waals surface area contributed by atoms with Crippen LogP contribution in [-0.4, -0.2) is 21.7 Å². The smallest absolute Gasteiger partial charge is 0.227 e. The van der Waals surface area contributed by atoms with Crippen LogP contribution in [0, 0.1) is 6.92 Å². The predicted molar refractivity (Wildman–Crippen MR) is 74.1 cm³/mol. The normalized spacial score (nSPS) is 18.0. The van der Waals surface area contributed by atoms with Crippen LogP contribution in [0.15, 0.2) is 18.2 Å². The zero-order valence-electron chi connectivity index (χ0n) is 11.3. The molecule has 0 heterocycles. The van der Waals surface area contributed by atoms with Crippen molar-refractivity contribution in [2.45, 2.75) is 51.0 Å². The van der Waals surface area contributed by atoms with Gasteiger partial charge in [-0.15, -0.1) is 0 Å². The van der Waals surface area contributed by atoms with Crippen LogP contribution in [0.25, 0.3) is 0 Å². The molecule has 0 bridgehead atoms. The first kappa shape index (κ1) is 13.9. The van der Waals surface area contributed by atoms with Crippen LogP contribution in [0.3, 0.4) is 0 Å². The van der Waals surface area contributed by atoms with Gasteiger partial charge in [0, 0.05) is 0 Å². The van der Waals surface area contributed by atoms with Crippen LogP contribution in [0.1, 0.15) is 44.1 Å². The fourth-order valence-corrected chi connectivity index (χ4v) is 2.68. The molecule has 19 heavy (non-hydrogen) atoms. The Morgan fingerprint density at radius 3 is 2.63 bits per heavy atom. The number of benzene rings is 1. The van der Waals surface area contributed by atoms with E-state index >= 15 is 0 Å². The number of anilines is 1. The summed E-state index contributed by atoms with van der Waals surface area (Å²) in [7, 11) is 0. The molecule has 1 amide bonds. The zero-order chi connectivity index (χ0) is 13.9. The van der Waals surface area contributed by atoms with E-state index in [1.54, 1.807) is 6.07 Å². The number of amides is 1. The molecule has 104 valence electrons. The summed E-state index contributed by atoms with van der Waals surface area (Å²) in [5.74, 6) is -0.182. The number of carbonyl (C=O) groups is 1. The summed E-state index contributed by atoms with van der Waals surface area (Å²) in [4.78, 5) is 12.0. The lowest BCUT2D eigenvalue weighted by Gasteiger charge is -2.31. The number of hydrogen-bond donors (Lipinski definition) is 3. The molecule has 0 atom stereocenters. The monoisotopic (exact) mass is 263 g/mol. The Labute approximate surface area is 113 Å². The van der Waals surface area contributed by atoms with Gasteiger partial charge in [0.15, 0.2) is 0 Å². The number of nitrogens with one attached hydrogen (secondary N) is 1. The number of hydrogen-bond acceptors (Lipinski definition) is 3.